The summed E-state index contributed by atoms with van der Waals surface area (Å²) in [5, 5.41) is 4.32. The van der Waals surface area contributed by atoms with Gasteiger partial charge in [0, 0.05) is 29.2 Å². The molecule has 0 spiro atoms. The first-order valence-electron chi connectivity index (χ1n) is 5.70. The van der Waals surface area contributed by atoms with E-state index in [1.54, 1.807) is 23.5 Å². The Kier molecular flexibility index (Phi) is 4.32. The standard InChI is InChI=1S/C13H14ClFN2S/c1-8(2)16-6-10-7-17-13(18-10)9-3-4-12(15)11(14)5-9/h3-5,7-8,16H,6H2,1-2H3. The van der Waals surface area contributed by atoms with Gasteiger partial charge in [0.25, 0.3) is 0 Å². The average Bonchev–Trinajstić information content (AvgIpc) is 2.79. The Bertz CT molecular complexity index is 540. The molecule has 5 heteroatoms. The summed E-state index contributed by atoms with van der Waals surface area (Å²) in [6, 6.07) is 5.11. The van der Waals surface area contributed by atoms with E-state index in [9.17, 15) is 4.39 Å². The fourth-order valence-corrected chi connectivity index (χ4v) is 2.50. The average molecular weight is 285 g/mol. The Hall–Kier alpha value is -0.970. The van der Waals surface area contributed by atoms with Crippen LogP contribution in [0.2, 0.25) is 5.02 Å². The molecule has 0 fully saturated rings. The van der Waals surface area contributed by atoms with Crippen molar-refractivity contribution in [3.8, 4) is 10.6 Å². The molecule has 0 aliphatic rings. The van der Waals surface area contributed by atoms with Gasteiger partial charge in [0.15, 0.2) is 0 Å². The minimum atomic E-state index is -0.404. The lowest BCUT2D eigenvalue weighted by molar-refractivity contribution is 0.593. The highest BCUT2D eigenvalue weighted by molar-refractivity contribution is 7.15. The van der Waals surface area contributed by atoms with Gasteiger partial charge in [-0.2, -0.15) is 0 Å². The lowest BCUT2D eigenvalue weighted by atomic mass is 10.2. The van der Waals surface area contributed by atoms with Crippen LogP contribution in [0.15, 0.2) is 24.4 Å². The third-order valence-corrected chi connectivity index (χ3v) is 3.74. The summed E-state index contributed by atoms with van der Waals surface area (Å²) in [5.41, 5.74) is 0.849. The maximum absolute atomic E-state index is 13.1. The van der Waals surface area contributed by atoms with Crippen molar-refractivity contribution >= 4 is 22.9 Å². The second-order valence-corrected chi connectivity index (χ2v) is 5.82. The Morgan fingerprint density at radius 1 is 1.44 bits per heavy atom. The van der Waals surface area contributed by atoms with Gasteiger partial charge in [0.2, 0.25) is 0 Å². The van der Waals surface area contributed by atoms with E-state index in [2.05, 4.69) is 24.1 Å². The molecule has 1 aromatic carbocycles. The Morgan fingerprint density at radius 3 is 2.89 bits per heavy atom. The zero-order chi connectivity index (χ0) is 13.1. The van der Waals surface area contributed by atoms with Crippen LogP contribution < -0.4 is 5.32 Å². The molecule has 0 saturated heterocycles. The Morgan fingerprint density at radius 2 is 2.22 bits per heavy atom. The van der Waals surface area contributed by atoms with Crippen LogP contribution in [0.4, 0.5) is 4.39 Å². The van der Waals surface area contributed by atoms with Crippen molar-refractivity contribution < 1.29 is 4.39 Å². The van der Waals surface area contributed by atoms with Crippen molar-refractivity contribution in [2.75, 3.05) is 0 Å². The van der Waals surface area contributed by atoms with Crippen LogP contribution in [0.5, 0.6) is 0 Å². The van der Waals surface area contributed by atoms with Gasteiger partial charge in [0.1, 0.15) is 10.8 Å². The molecule has 2 rings (SSSR count). The number of hydrogen-bond acceptors (Lipinski definition) is 3. The number of nitrogens with zero attached hydrogens (tertiary/aromatic N) is 1. The maximum atomic E-state index is 13.1. The van der Waals surface area contributed by atoms with Crippen molar-refractivity contribution in [3.05, 3.63) is 40.1 Å². The van der Waals surface area contributed by atoms with Crippen LogP contribution in [0.1, 0.15) is 18.7 Å². The first-order valence-corrected chi connectivity index (χ1v) is 6.89. The number of hydrogen-bond donors (Lipinski definition) is 1. The van der Waals surface area contributed by atoms with Gasteiger partial charge in [-0.1, -0.05) is 25.4 Å². The van der Waals surface area contributed by atoms with Gasteiger partial charge >= 0.3 is 0 Å². The molecular weight excluding hydrogens is 271 g/mol. The molecule has 0 unspecified atom stereocenters. The van der Waals surface area contributed by atoms with Gasteiger partial charge < -0.3 is 5.32 Å². The molecular formula is C13H14ClFN2S. The van der Waals surface area contributed by atoms with Crippen molar-refractivity contribution in [1.82, 2.24) is 10.3 Å². The molecule has 1 N–H and O–H groups in total. The highest BCUT2D eigenvalue weighted by atomic mass is 35.5. The van der Waals surface area contributed by atoms with Crippen LogP contribution in [0.3, 0.4) is 0 Å². The fraction of sp³-hybridized carbons (Fsp3) is 0.308. The minimum Gasteiger partial charge on any atom is -0.310 e. The Balaban J connectivity index is 2.16. The van der Waals surface area contributed by atoms with Gasteiger partial charge in [-0.05, 0) is 18.2 Å². The number of rotatable bonds is 4. The summed E-state index contributed by atoms with van der Waals surface area (Å²) < 4.78 is 13.1. The molecule has 0 saturated carbocycles. The topological polar surface area (TPSA) is 24.9 Å². The molecule has 96 valence electrons. The minimum absolute atomic E-state index is 0.129. The van der Waals surface area contributed by atoms with E-state index in [-0.39, 0.29) is 5.02 Å². The third-order valence-electron chi connectivity index (χ3n) is 2.40. The fourth-order valence-electron chi connectivity index (χ4n) is 1.46. The van der Waals surface area contributed by atoms with Crippen molar-refractivity contribution in [3.63, 3.8) is 0 Å². The van der Waals surface area contributed by atoms with E-state index in [1.165, 1.54) is 6.07 Å². The van der Waals surface area contributed by atoms with E-state index in [0.29, 0.717) is 6.04 Å². The Labute approximate surface area is 115 Å². The predicted octanol–water partition coefficient (Wildman–Crippen LogP) is 4.10. The summed E-state index contributed by atoms with van der Waals surface area (Å²) in [4.78, 5) is 5.48. The molecule has 0 bridgehead atoms. The molecule has 0 radical (unpaired) electrons. The normalized spacial score (nSPS) is 11.2. The van der Waals surface area contributed by atoms with Gasteiger partial charge in [0.05, 0.1) is 5.02 Å². The number of benzene rings is 1. The van der Waals surface area contributed by atoms with Gasteiger partial charge in [-0.3, -0.25) is 0 Å². The highest BCUT2D eigenvalue weighted by Gasteiger charge is 2.07. The van der Waals surface area contributed by atoms with Crippen LogP contribution in [0, 0.1) is 5.82 Å². The first-order chi connectivity index (χ1) is 8.56. The van der Waals surface area contributed by atoms with Crippen molar-refractivity contribution in [2.24, 2.45) is 0 Å². The zero-order valence-corrected chi connectivity index (χ0v) is 11.8. The third kappa shape index (κ3) is 3.28. The highest BCUT2D eigenvalue weighted by Crippen LogP contribution is 2.28. The zero-order valence-electron chi connectivity index (χ0n) is 10.2. The van der Waals surface area contributed by atoms with E-state index in [1.807, 2.05) is 6.20 Å². The second kappa shape index (κ2) is 5.78. The molecule has 0 aliphatic carbocycles. The molecule has 1 heterocycles. The summed E-state index contributed by atoms with van der Waals surface area (Å²) in [7, 11) is 0. The molecule has 1 aromatic heterocycles. The number of thiazole rings is 1. The van der Waals surface area contributed by atoms with Crippen LogP contribution in [-0.4, -0.2) is 11.0 Å². The van der Waals surface area contributed by atoms with Crippen LogP contribution in [0.25, 0.3) is 10.6 Å². The first kappa shape index (κ1) is 13.5. The van der Waals surface area contributed by atoms with Crippen LogP contribution >= 0.6 is 22.9 Å². The summed E-state index contributed by atoms with van der Waals surface area (Å²) in [6.07, 6.45) is 1.84. The molecule has 0 atom stereocenters. The number of nitrogens with one attached hydrogen (secondary N) is 1. The molecule has 2 nitrogen and oxygen atoms in total. The summed E-state index contributed by atoms with van der Waals surface area (Å²) in [6.45, 7) is 4.99. The molecule has 18 heavy (non-hydrogen) atoms. The molecule has 0 amide bonds. The number of halogens is 2. The quantitative estimate of drug-likeness (QED) is 0.914. The predicted molar refractivity (Wildman–Crippen MR) is 74.5 cm³/mol. The SMILES string of the molecule is CC(C)NCc1cnc(-c2ccc(F)c(Cl)c2)s1. The van der Waals surface area contributed by atoms with E-state index in [4.69, 9.17) is 11.6 Å². The van der Waals surface area contributed by atoms with Gasteiger partial charge in [-0.15, -0.1) is 11.3 Å². The van der Waals surface area contributed by atoms with E-state index >= 15 is 0 Å². The monoisotopic (exact) mass is 284 g/mol. The maximum Gasteiger partial charge on any atom is 0.141 e. The largest absolute Gasteiger partial charge is 0.310 e. The van der Waals surface area contributed by atoms with Crippen molar-refractivity contribution in [2.45, 2.75) is 26.4 Å². The smallest absolute Gasteiger partial charge is 0.141 e. The van der Waals surface area contributed by atoms with Crippen LogP contribution in [-0.2, 0) is 6.54 Å². The van der Waals surface area contributed by atoms with E-state index in [0.717, 1.165) is 22.0 Å². The van der Waals surface area contributed by atoms with Crippen molar-refractivity contribution in [1.29, 1.82) is 0 Å². The number of aromatic nitrogens is 1. The lowest BCUT2D eigenvalue weighted by Crippen LogP contribution is -2.21. The van der Waals surface area contributed by atoms with Gasteiger partial charge in [-0.25, -0.2) is 9.37 Å². The molecule has 2 aromatic rings. The summed E-state index contributed by atoms with van der Waals surface area (Å²) in [5.74, 6) is -0.404. The lowest BCUT2D eigenvalue weighted by Gasteiger charge is -2.04. The molecule has 0 aliphatic heterocycles. The second-order valence-electron chi connectivity index (χ2n) is 4.30. The van der Waals surface area contributed by atoms with E-state index < -0.39 is 5.82 Å². The summed E-state index contributed by atoms with van der Waals surface area (Å²) >= 11 is 7.35.